The van der Waals surface area contributed by atoms with Crippen LogP contribution >= 0.6 is 0 Å². The van der Waals surface area contributed by atoms with Crippen LogP contribution in [-0.2, 0) is 13.6 Å². The summed E-state index contributed by atoms with van der Waals surface area (Å²) >= 11 is 0. The normalized spacial score (nSPS) is 10.2. The highest BCUT2D eigenvalue weighted by Crippen LogP contribution is 1.99. The maximum Gasteiger partial charge on any atom is 0.273 e. The van der Waals surface area contributed by atoms with Crippen LogP contribution in [0, 0.1) is 0 Å². The van der Waals surface area contributed by atoms with Gasteiger partial charge >= 0.3 is 0 Å². The fourth-order valence-corrected chi connectivity index (χ4v) is 1.25. The molecule has 78 valence electrons. The van der Waals surface area contributed by atoms with Crippen molar-refractivity contribution < 1.29 is 4.79 Å². The average Bonchev–Trinajstić information content (AvgIpc) is 2.85. The molecule has 0 saturated carbocycles. The summed E-state index contributed by atoms with van der Waals surface area (Å²) in [5.74, 6) is -0.232. The molecule has 2 heterocycles. The summed E-state index contributed by atoms with van der Waals surface area (Å²) in [4.78, 5) is 11.5. The molecule has 0 radical (unpaired) electrons. The van der Waals surface area contributed by atoms with Gasteiger partial charge in [0.05, 0.1) is 12.7 Å². The third-order valence-corrected chi connectivity index (χ3v) is 2.13. The van der Waals surface area contributed by atoms with Crippen LogP contribution in [0.2, 0.25) is 0 Å². The van der Waals surface area contributed by atoms with Gasteiger partial charge in [-0.1, -0.05) is 0 Å². The molecule has 15 heavy (non-hydrogen) atoms. The number of hydrogen-bond donors (Lipinski definition) is 2. The van der Waals surface area contributed by atoms with Crippen molar-refractivity contribution >= 4 is 5.91 Å². The Bertz CT molecular complexity index is 445. The van der Waals surface area contributed by atoms with Crippen LogP contribution in [0.5, 0.6) is 0 Å². The maximum atomic E-state index is 11.5. The lowest BCUT2D eigenvalue weighted by Crippen LogP contribution is -2.24. The molecule has 2 aromatic heterocycles. The molecule has 1 amide bonds. The van der Waals surface area contributed by atoms with Crippen LogP contribution in [0.3, 0.4) is 0 Å². The lowest BCUT2D eigenvalue weighted by Gasteiger charge is -2.03. The Morgan fingerprint density at radius 2 is 2.53 bits per heavy atom. The van der Waals surface area contributed by atoms with Crippen LogP contribution in [0.25, 0.3) is 0 Å². The van der Waals surface area contributed by atoms with Crippen molar-refractivity contribution in [2.45, 2.75) is 6.54 Å². The summed E-state index contributed by atoms with van der Waals surface area (Å²) in [7, 11) is 1.93. The van der Waals surface area contributed by atoms with E-state index in [4.69, 9.17) is 0 Å². The van der Waals surface area contributed by atoms with Gasteiger partial charge in [0.2, 0.25) is 0 Å². The SMILES string of the molecule is Cn1cccc1CNC(=O)c1cn[nH]n1. The Hall–Kier alpha value is -2.11. The molecule has 2 aromatic rings. The Morgan fingerprint density at radius 1 is 1.67 bits per heavy atom. The van der Waals surface area contributed by atoms with E-state index in [-0.39, 0.29) is 5.91 Å². The van der Waals surface area contributed by atoms with Crippen molar-refractivity contribution in [1.82, 2.24) is 25.3 Å². The standard InChI is InChI=1S/C9H11N5O/c1-14-4-2-3-7(14)5-10-9(15)8-6-11-13-12-8/h2-4,6H,5H2,1H3,(H,10,15)(H,11,12,13). The van der Waals surface area contributed by atoms with Crippen molar-refractivity contribution in [3.05, 3.63) is 35.9 Å². The van der Waals surface area contributed by atoms with Gasteiger partial charge in [-0.25, -0.2) is 0 Å². The van der Waals surface area contributed by atoms with Gasteiger partial charge in [0.25, 0.3) is 5.91 Å². The molecule has 0 spiro atoms. The van der Waals surface area contributed by atoms with Crippen molar-refractivity contribution in [3.63, 3.8) is 0 Å². The second-order valence-corrected chi connectivity index (χ2v) is 3.15. The maximum absolute atomic E-state index is 11.5. The molecule has 0 aliphatic rings. The van der Waals surface area contributed by atoms with E-state index in [0.29, 0.717) is 12.2 Å². The molecule has 0 saturated heterocycles. The summed E-state index contributed by atoms with van der Waals surface area (Å²) in [6.45, 7) is 0.481. The highest BCUT2D eigenvalue weighted by molar-refractivity contribution is 5.91. The Labute approximate surface area is 86.3 Å². The minimum Gasteiger partial charge on any atom is -0.353 e. The minimum atomic E-state index is -0.232. The zero-order chi connectivity index (χ0) is 10.7. The lowest BCUT2D eigenvalue weighted by atomic mass is 10.4. The van der Waals surface area contributed by atoms with E-state index in [2.05, 4.69) is 20.7 Å². The summed E-state index contributed by atoms with van der Waals surface area (Å²) in [6, 6.07) is 3.88. The van der Waals surface area contributed by atoms with Gasteiger partial charge in [0, 0.05) is 18.9 Å². The molecule has 0 aliphatic carbocycles. The summed E-state index contributed by atoms with van der Waals surface area (Å²) in [5, 5.41) is 12.4. The smallest absolute Gasteiger partial charge is 0.273 e. The molecule has 0 atom stereocenters. The molecule has 6 nitrogen and oxygen atoms in total. The Morgan fingerprint density at radius 3 is 3.13 bits per heavy atom. The number of rotatable bonds is 3. The van der Waals surface area contributed by atoms with Crippen LogP contribution in [0.15, 0.2) is 24.5 Å². The minimum absolute atomic E-state index is 0.232. The van der Waals surface area contributed by atoms with E-state index in [9.17, 15) is 4.79 Å². The van der Waals surface area contributed by atoms with Crippen LogP contribution in [0.4, 0.5) is 0 Å². The molecule has 2 N–H and O–H groups in total. The van der Waals surface area contributed by atoms with E-state index >= 15 is 0 Å². The largest absolute Gasteiger partial charge is 0.353 e. The average molecular weight is 205 g/mol. The second kappa shape index (κ2) is 3.95. The number of H-pyrrole nitrogens is 1. The number of nitrogens with zero attached hydrogens (tertiary/aromatic N) is 3. The van der Waals surface area contributed by atoms with Crippen LogP contribution in [-0.4, -0.2) is 25.9 Å². The number of carbonyl (C=O) groups excluding carboxylic acids is 1. The molecular formula is C9H11N5O. The van der Waals surface area contributed by atoms with E-state index in [1.165, 1.54) is 6.20 Å². The topological polar surface area (TPSA) is 75.6 Å². The predicted octanol–water partition coefficient (Wildman–Crippen LogP) is 0.0732. The van der Waals surface area contributed by atoms with Crippen molar-refractivity contribution in [2.24, 2.45) is 7.05 Å². The van der Waals surface area contributed by atoms with E-state index < -0.39 is 0 Å². The van der Waals surface area contributed by atoms with Crippen molar-refractivity contribution in [3.8, 4) is 0 Å². The number of aromatic amines is 1. The third-order valence-electron chi connectivity index (χ3n) is 2.13. The van der Waals surface area contributed by atoms with Crippen LogP contribution in [0.1, 0.15) is 16.2 Å². The number of hydrogen-bond acceptors (Lipinski definition) is 3. The van der Waals surface area contributed by atoms with Gasteiger partial charge in [-0.3, -0.25) is 4.79 Å². The van der Waals surface area contributed by atoms with Crippen molar-refractivity contribution in [1.29, 1.82) is 0 Å². The van der Waals surface area contributed by atoms with Gasteiger partial charge in [0.15, 0.2) is 5.69 Å². The predicted molar refractivity (Wildman–Crippen MR) is 53.0 cm³/mol. The third kappa shape index (κ3) is 2.04. The first-order chi connectivity index (χ1) is 7.27. The van der Waals surface area contributed by atoms with E-state index in [1.807, 2.05) is 29.9 Å². The van der Waals surface area contributed by atoms with Crippen LogP contribution < -0.4 is 5.32 Å². The summed E-state index contributed by atoms with van der Waals surface area (Å²) < 4.78 is 1.95. The molecule has 6 heteroatoms. The highest BCUT2D eigenvalue weighted by atomic mass is 16.1. The fourth-order valence-electron chi connectivity index (χ4n) is 1.25. The van der Waals surface area contributed by atoms with Gasteiger partial charge < -0.3 is 9.88 Å². The van der Waals surface area contributed by atoms with E-state index in [0.717, 1.165) is 5.69 Å². The first-order valence-corrected chi connectivity index (χ1v) is 4.51. The van der Waals surface area contributed by atoms with E-state index in [1.54, 1.807) is 0 Å². The second-order valence-electron chi connectivity index (χ2n) is 3.15. The number of aromatic nitrogens is 4. The fraction of sp³-hybridized carbons (Fsp3) is 0.222. The molecule has 0 unspecified atom stereocenters. The number of carbonyl (C=O) groups is 1. The number of amides is 1. The zero-order valence-corrected chi connectivity index (χ0v) is 8.27. The zero-order valence-electron chi connectivity index (χ0n) is 8.27. The Balaban J connectivity index is 1.95. The first-order valence-electron chi connectivity index (χ1n) is 4.51. The number of nitrogens with one attached hydrogen (secondary N) is 2. The molecule has 0 bridgehead atoms. The van der Waals surface area contributed by atoms with Gasteiger partial charge in [-0.05, 0) is 12.1 Å². The quantitative estimate of drug-likeness (QED) is 0.744. The summed E-state index contributed by atoms with van der Waals surface area (Å²) in [5.41, 5.74) is 1.33. The van der Waals surface area contributed by atoms with Crippen molar-refractivity contribution in [2.75, 3.05) is 0 Å². The number of aryl methyl sites for hydroxylation is 1. The molecular weight excluding hydrogens is 194 g/mol. The lowest BCUT2D eigenvalue weighted by molar-refractivity contribution is 0.0945. The Kier molecular flexibility index (Phi) is 2.49. The molecule has 2 rings (SSSR count). The van der Waals surface area contributed by atoms with Gasteiger partial charge in [-0.15, -0.1) is 0 Å². The highest BCUT2D eigenvalue weighted by Gasteiger charge is 2.08. The van der Waals surface area contributed by atoms with Gasteiger partial charge in [-0.2, -0.15) is 15.4 Å². The summed E-state index contributed by atoms with van der Waals surface area (Å²) in [6.07, 6.45) is 3.32. The first kappa shape index (κ1) is 9.45. The molecule has 0 fully saturated rings. The monoisotopic (exact) mass is 205 g/mol. The van der Waals surface area contributed by atoms with Gasteiger partial charge in [0.1, 0.15) is 0 Å². The molecule has 0 aliphatic heterocycles. The molecule has 0 aromatic carbocycles.